The Kier molecular flexibility index (Phi) is 7.61. The third kappa shape index (κ3) is 6.05. The van der Waals surface area contributed by atoms with Crippen LogP contribution in [0.4, 0.5) is 4.79 Å². The molecule has 8 heteroatoms. The molecule has 0 aromatic heterocycles. The number of alkyl carbamates (subject to hydrolysis) is 1. The number of hydrogen-bond acceptors (Lipinski definition) is 5. The molecule has 2 aromatic rings. The SMILES string of the molecule is CC(CC(=O)NCCOCC(=O)O)NC(=O)OCC1c2ccccc2-c2ccccc21. The van der Waals surface area contributed by atoms with Crippen molar-refractivity contribution in [2.24, 2.45) is 0 Å². The summed E-state index contributed by atoms with van der Waals surface area (Å²) in [6, 6.07) is 15.8. The number of rotatable bonds is 10. The van der Waals surface area contributed by atoms with E-state index < -0.39 is 24.7 Å². The Morgan fingerprint density at radius 3 is 2.26 bits per heavy atom. The minimum Gasteiger partial charge on any atom is -0.480 e. The van der Waals surface area contributed by atoms with Crippen molar-refractivity contribution in [2.45, 2.75) is 25.3 Å². The molecule has 0 saturated heterocycles. The van der Waals surface area contributed by atoms with Gasteiger partial charge >= 0.3 is 12.1 Å². The number of fused-ring (bicyclic) bond motifs is 3. The molecular weight excluding hydrogens is 400 g/mol. The first-order valence-electron chi connectivity index (χ1n) is 10.1. The van der Waals surface area contributed by atoms with Gasteiger partial charge in [0.2, 0.25) is 5.91 Å². The number of carbonyl (C=O) groups excluding carboxylic acids is 2. The van der Waals surface area contributed by atoms with Crippen LogP contribution in [-0.2, 0) is 19.1 Å². The molecule has 8 nitrogen and oxygen atoms in total. The Hall–Kier alpha value is -3.39. The van der Waals surface area contributed by atoms with E-state index in [-0.39, 0.29) is 38.0 Å². The van der Waals surface area contributed by atoms with E-state index in [2.05, 4.69) is 34.9 Å². The quantitative estimate of drug-likeness (QED) is 0.503. The first kappa shape index (κ1) is 22.3. The molecule has 164 valence electrons. The zero-order valence-corrected chi connectivity index (χ0v) is 17.3. The number of benzene rings is 2. The topological polar surface area (TPSA) is 114 Å². The second-order valence-electron chi connectivity index (χ2n) is 7.37. The summed E-state index contributed by atoms with van der Waals surface area (Å²) in [5, 5.41) is 13.7. The zero-order chi connectivity index (χ0) is 22.2. The van der Waals surface area contributed by atoms with E-state index in [1.165, 1.54) is 0 Å². The molecule has 1 unspecified atom stereocenters. The number of nitrogens with one attached hydrogen (secondary N) is 2. The summed E-state index contributed by atoms with van der Waals surface area (Å²) >= 11 is 0. The van der Waals surface area contributed by atoms with Gasteiger partial charge in [0.15, 0.2) is 0 Å². The van der Waals surface area contributed by atoms with Crippen molar-refractivity contribution in [3.05, 3.63) is 59.7 Å². The van der Waals surface area contributed by atoms with E-state index in [1.54, 1.807) is 6.92 Å². The fourth-order valence-corrected chi connectivity index (χ4v) is 3.66. The van der Waals surface area contributed by atoms with E-state index >= 15 is 0 Å². The van der Waals surface area contributed by atoms with Gasteiger partial charge in [-0.3, -0.25) is 4.79 Å². The van der Waals surface area contributed by atoms with Crippen molar-refractivity contribution in [3.63, 3.8) is 0 Å². The maximum Gasteiger partial charge on any atom is 0.407 e. The molecule has 3 N–H and O–H groups in total. The highest BCUT2D eigenvalue weighted by atomic mass is 16.5. The smallest absolute Gasteiger partial charge is 0.407 e. The Labute approximate surface area is 180 Å². The third-order valence-corrected chi connectivity index (χ3v) is 4.99. The maximum absolute atomic E-state index is 12.2. The van der Waals surface area contributed by atoms with Crippen molar-refractivity contribution in [2.75, 3.05) is 26.4 Å². The van der Waals surface area contributed by atoms with Crippen LogP contribution in [0.3, 0.4) is 0 Å². The van der Waals surface area contributed by atoms with Crippen LogP contribution in [-0.4, -0.2) is 55.5 Å². The molecule has 0 spiro atoms. The molecule has 2 aromatic carbocycles. The van der Waals surface area contributed by atoms with Gasteiger partial charge in [0.1, 0.15) is 13.2 Å². The van der Waals surface area contributed by atoms with E-state index in [0.717, 1.165) is 22.3 Å². The predicted octanol–water partition coefficient (Wildman–Crippen LogP) is 2.52. The van der Waals surface area contributed by atoms with E-state index in [9.17, 15) is 14.4 Å². The van der Waals surface area contributed by atoms with Crippen LogP contribution in [0, 0.1) is 0 Å². The van der Waals surface area contributed by atoms with Crippen molar-refractivity contribution in [3.8, 4) is 11.1 Å². The highest BCUT2D eigenvalue weighted by Gasteiger charge is 2.29. The number of amides is 2. The van der Waals surface area contributed by atoms with Gasteiger partial charge in [-0.25, -0.2) is 9.59 Å². The maximum atomic E-state index is 12.2. The number of ether oxygens (including phenoxy) is 2. The van der Waals surface area contributed by atoms with E-state index in [4.69, 9.17) is 14.6 Å². The molecule has 1 atom stereocenters. The minimum atomic E-state index is -1.06. The summed E-state index contributed by atoms with van der Waals surface area (Å²) in [4.78, 5) is 34.5. The summed E-state index contributed by atoms with van der Waals surface area (Å²) in [7, 11) is 0. The van der Waals surface area contributed by atoms with Crippen LogP contribution in [0.1, 0.15) is 30.4 Å². The molecule has 3 rings (SSSR count). The average molecular weight is 426 g/mol. The molecule has 1 aliphatic carbocycles. The number of hydrogen-bond donors (Lipinski definition) is 3. The lowest BCUT2D eigenvalue weighted by Gasteiger charge is -2.17. The van der Waals surface area contributed by atoms with Crippen LogP contribution in [0.25, 0.3) is 11.1 Å². The molecule has 0 bridgehead atoms. The van der Waals surface area contributed by atoms with Crippen LogP contribution < -0.4 is 10.6 Å². The number of carbonyl (C=O) groups is 3. The van der Waals surface area contributed by atoms with Crippen molar-refractivity contribution in [1.29, 1.82) is 0 Å². The second-order valence-corrected chi connectivity index (χ2v) is 7.37. The molecular formula is C23H26N2O6. The minimum absolute atomic E-state index is 0.0254. The van der Waals surface area contributed by atoms with Crippen molar-refractivity contribution >= 4 is 18.0 Å². The second kappa shape index (κ2) is 10.6. The van der Waals surface area contributed by atoms with Crippen LogP contribution in [0.2, 0.25) is 0 Å². The van der Waals surface area contributed by atoms with Crippen LogP contribution >= 0.6 is 0 Å². The van der Waals surface area contributed by atoms with Crippen LogP contribution in [0.15, 0.2) is 48.5 Å². The fourth-order valence-electron chi connectivity index (χ4n) is 3.66. The van der Waals surface area contributed by atoms with Gasteiger partial charge in [-0.15, -0.1) is 0 Å². The average Bonchev–Trinajstić information content (AvgIpc) is 3.05. The molecule has 2 amide bonds. The van der Waals surface area contributed by atoms with Gasteiger partial charge in [0.05, 0.1) is 6.61 Å². The third-order valence-electron chi connectivity index (χ3n) is 4.99. The fraction of sp³-hybridized carbons (Fsp3) is 0.348. The molecule has 0 saturated carbocycles. The summed E-state index contributed by atoms with van der Waals surface area (Å²) in [5.74, 6) is -1.36. The highest BCUT2D eigenvalue weighted by molar-refractivity contribution is 5.79. The summed E-state index contributed by atoms with van der Waals surface area (Å²) in [6.45, 7) is 1.81. The lowest BCUT2D eigenvalue weighted by Crippen LogP contribution is -2.38. The molecule has 31 heavy (non-hydrogen) atoms. The number of carboxylic acids is 1. The normalized spacial score (nSPS) is 13.1. The van der Waals surface area contributed by atoms with Crippen molar-refractivity contribution < 1.29 is 29.0 Å². The first-order valence-corrected chi connectivity index (χ1v) is 10.1. The molecule has 1 aliphatic rings. The lowest BCUT2D eigenvalue weighted by atomic mass is 9.98. The van der Waals surface area contributed by atoms with E-state index in [1.807, 2.05) is 24.3 Å². The monoisotopic (exact) mass is 426 g/mol. The van der Waals surface area contributed by atoms with Gasteiger partial charge in [-0.1, -0.05) is 48.5 Å². The number of aliphatic carboxylic acids is 1. The molecule has 0 fully saturated rings. The predicted molar refractivity (Wildman–Crippen MR) is 114 cm³/mol. The Morgan fingerprint density at radius 2 is 1.65 bits per heavy atom. The van der Waals surface area contributed by atoms with Gasteiger partial charge < -0.3 is 25.2 Å². The largest absolute Gasteiger partial charge is 0.480 e. The van der Waals surface area contributed by atoms with Gasteiger partial charge in [-0.05, 0) is 29.2 Å². The van der Waals surface area contributed by atoms with Gasteiger partial charge in [0, 0.05) is 24.9 Å². The zero-order valence-electron chi connectivity index (χ0n) is 17.3. The summed E-state index contributed by atoms with van der Waals surface area (Å²) < 4.78 is 10.3. The molecule has 0 aliphatic heterocycles. The van der Waals surface area contributed by atoms with Crippen molar-refractivity contribution in [1.82, 2.24) is 10.6 Å². The van der Waals surface area contributed by atoms with Gasteiger partial charge in [0.25, 0.3) is 0 Å². The summed E-state index contributed by atoms with van der Waals surface area (Å²) in [5.41, 5.74) is 4.58. The van der Waals surface area contributed by atoms with Gasteiger partial charge in [-0.2, -0.15) is 0 Å². The standard InChI is InChI=1S/C23H26N2O6/c1-15(12-21(26)24-10-11-30-14-22(27)28)25-23(29)31-13-20-18-8-4-2-6-16(18)17-7-3-5-9-19(17)20/h2-9,15,20H,10-14H2,1H3,(H,24,26)(H,25,29)(H,27,28). The molecule has 0 heterocycles. The Bertz CT molecular complexity index is 900. The number of carboxylic acid groups (broad SMARTS) is 1. The first-order chi connectivity index (χ1) is 15.0. The highest BCUT2D eigenvalue weighted by Crippen LogP contribution is 2.44. The van der Waals surface area contributed by atoms with E-state index in [0.29, 0.717) is 0 Å². The molecule has 0 radical (unpaired) electrons. The van der Waals surface area contributed by atoms with Crippen LogP contribution in [0.5, 0.6) is 0 Å². The summed E-state index contributed by atoms with van der Waals surface area (Å²) in [6.07, 6.45) is -0.504. The Balaban J connectivity index is 1.43. The Morgan fingerprint density at radius 1 is 1.03 bits per heavy atom. The lowest BCUT2D eigenvalue weighted by molar-refractivity contribution is -0.142.